The highest BCUT2D eigenvalue weighted by atomic mass is 32.1. The van der Waals surface area contributed by atoms with Gasteiger partial charge >= 0.3 is 0 Å². The molecule has 0 saturated carbocycles. The second kappa shape index (κ2) is 8.07. The summed E-state index contributed by atoms with van der Waals surface area (Å²) in [7, 11) is 3.61. The topological polar surface area (TPSA) is 56.3 Å². The van der Waals surface area contributed by atoms with Crippen LogP contribution in [0.4, 0.5) is 0 Å². The maximum absolute atomic E-state index is 5.83. The maximum atomic E-state index is 5.83. The predicted octanol–water partition coefficient (Wildman–Crippen LogP) is 2.43. The van der Waals surface area contributed by atoms with Crippen molar-refractivity contribution in [1.29, 1.82) is 0 Å². The van der Waals surface area contributed by atoms with Gasteiger partial charge in [-0.3, -0.25) is 0 Å². The lowest BCUT2D eigenvalue weighted by Crippen LogP contribution is -2.19. The van der Waals surface area contributed by atoms with E-state index in [1.807, 2.05) is 25.2 Å². The first-order chi connectivity index (χ1) is 10.3. The molecule has 1 N–H and O–H groups in total. The second-order valence-corrected chi connectivity index (χ2v) is 5.32. The summed E-state index contributed by atoms with van der Waals surface area (Å²) in [4.78, 5) is 1.14. The lowest BCUT2D eigenvalue weighted by Gasteiger charge is -2.19. The van der Waals surface area contributed by atoms with Gasteiger partial charge in [-0.2, -0.15) is 0 Å². The van der Waals surface area contributed by atoms with Gasteiger partial charge in [0.05, 0.1) is 23.2 Å². The van der Waals surface area contributed by atoms with Gasteiger partial charge in [0, 0.05) is 12.7 Å². The largest absolute Gasteiger partial charge is 0.491 e. The van der Waals surface area contributed by atoms with Crippen LogP contribution in [-0.2, 0) is 11.2 Å². The first-order valence-corrected chi connectivity index (χ1v) is 7.78. The molecule has 0 spiro atoms. The summed E-state index contributed by atoms with van der Waals surface area (Å²) in [6.45, 7) is 3.19. The molecule has 6 heteroatoms. The van der Waals surface area contributed by atoms with Gasteiger partial charge in [-0.1, -0.05) is 29.6 Å². The molecule has 0 saturated heterocycles. The Bertz CT molecular complexity index is 559. The number of rotatable bonds is 8. The van der Waals surface area contributed by atoms with Crippen LogP contribution in [0.25, 0.3) is 0 Å². The lowest BCUT2D eigenvalue weighted by molar-refractivity contribution is 0.145. The number of ether oxygens (including phenoxy) is 2. The molecule has 21 heavy (non-hydrogen) atoms. The molecule has 0 amide bonds. The Labute approximate surface area is 129 Å². The van der Waals surface area contributed by atoms with Gasteiger partial charge in [-0.05, 0) is 31.1 Å². The van der Waals surface area contributed by atoms with E-state index < -0.39 is 0 Å². The quantitative estimate of drug-likeness (QED) is 0.759. The molecule has 1 aromatic heterocycles. The van der Waals surface area contributed by atoms with E-state index in [1.54, 1.807) is 7.11 Å². The molecule has 1 atom stereocenters. The van der Waals surface area contributed by atoms with Gasteiger partial charge in [-0.15, -0.1) is 5.10 Å². The van der Waals surface area contributed by atoms with Crippen molar-refractivity contribution in [3.63, 3.8) is 0 Å². The fourth-order valence-corrected chi connectivity index (χ4v) is 3.06. The van der Waals surface area contributed by atoms with E-state index in [9.17, 15) is 0 Å². The van der Waals surface area contributed by atoms with E-state index >= 15 is 0 Å². The first-order valence-electron chi connectivity index (χ1n) is 7.00. The van der Waals surface area contributed by atoms with Gasteiger partial charge in [-0.25, -0.2) is 0 Å². The van der Waals surface area contributed by atoms with E-state index in [-0.39, 0.29) is 6.04 Å². The molecule has 0 aliphatic rings. The Kier molecular flexibility index (Phi) is 6.10. The Morgan fingerprint density at radius 1 is 1.29 bits per heavy atom. The van der Waals surface area contributed by atoms with E-state index in [1.165, 1.54) is 11.5 Å². The molecular formula is C15H21N3O2S. The van der Waals surface area contributed by atoms with Crippen LogP contribution in [0.5, 0.6) is 5.75 Å². The smallest absolute Gasteiger partial charge is 0.124 e. The summed E-state index contributed by atoms with van der Waals surface area (Å²) in [5.74, 6) is 0.865. The molecule has 0 fully saturated rings. The van der Waals surface area contributed by atoms with Gasteiger partial charge in [0.1, 0.15) is 12.4 Å². The monoisotopic (exact) mass is 307 g/mol. The predicted molar refractivity (Wildman–Crippen MR) is 84.0 cm³/mol. The van der Waals surface area contributed by atoms with E-state index in [0.29, 0.717) is 13.2 Å². The Morgan fingerprint density at radius 2 is 2.10 bits per heavy atom. The fourth-order valence-electron chi connectivity index (χ4n) is 2.19. The van der Waals surface area contributed by atoms with Crippen molar-refractivity contribution >= 4 is 11.5 Å². The van der Waals surface area contributed by atoms with Gasteiger partial charge in [0.15, 0.2) is 0 Å². The highest BCUT2D eigenvalue weighted by Gasteiger charge is 2.21. The number of aromatic nitrogens is 2. The van der Waals surface area contributed by atoms with Crippen molar-refractivity contribution in [2.45, 2.75) is 19.4 Å². The third-order valence-corrected chi connectivity index (χ3v) is 4.08. The highest BCUT2D eigenvalue weighted by molar-refractivity contribution is 7.05. The molecular weight excluding hydrogens is 286 g/mol. The van der Waals surface area contributed by atoms with Crippen LogP contribution in [0.15, 0.2) is 24.3 Å². The SMILES string of the molecule is CCc1nnsc1C(NC)c1ccccc1OCCOC. The summed E-state index contributed by atoms with van der Waals surface area (Å²) in [5, 5.41) is 7.55. The van der Waals surface area contributed by atoms with Crippen molar-refractivity contribution in [1.82, 2.24) is 14.9 Å². The van der Waals surface area contributed by atoms with Crippen molar-refractivity contribution < 1.29 is 9.47 Å². The molecule has 0 aliphatic heterocycles. The molecule has 5 nitrogen and oxygen atoms in total. The zero-order valence-corrected chi connectivity index (χ0v) is 13.4. The van der Waals surface area contributed by atoms with Gasteiger partial charge in [0.25, 0.3) is 0 Å². The third kappa shape index (κ3) is 3.78. The summed E-state index contributed by atoms with van der Waals surface area (Å²) in [6.07, 6.45) is 0.872. The Morgan fingerprint density at radius 3 is 2.81 bits per heavy atom. The molecule has 0 aliphatic carbocycles. The summed E-state index contributed by atoms with van der Waals surface area (Å²) in [6, 6.07) is 8.09. The average molecular weight is 307 g/mol. The molecule has 0 bridgehead atoms. The zero-order chi connectivity index (χ0) is 15.1. The second-order valence-electron chi connectivity index (χ2n) is 4.54. The van der Waals surface area contributed by atoms with Crippen molar-refractivity contribution in [3.05, 3.63) is 40.4 Å². The Hall–Kier alpha value is -1.50. The van der Waals surface area contributed by atoms with E-state index in [4.69, 9.17) is 9.47 Å². The number of nitrogens with one attached hydrogen (secondary N) is 1. The molecule has 1 heterocycles. The molecule has 114 valence electrons. The average Bonchev–Trinajstić information content (AvgIpc) is 2.98. The first kappa shape index (κ1) is 15.9. The summed E-state index contributed by atoms with van der Waals surface area (Å²) in [5.41, 5.74) is 2.13. The normalized spacial score (nSPS) is 12.3. The number of hydrogen-bond acceptors (Lipinski definition) is 6. The van der Waals surface area contributed by atoms with Gasteiger partial charge in [0.2, 0.25) is 0 Å². The van der Waals surface area contributed by atoms with E-state index in [0.717, 1.165) is 28.3 Å². The maximum Gasteiger partial charge on any atom is 0.124 e. The van der Waals surface area contributed by atoms with Crippen LogP contribution in [0.2, 0.25) is 0 Å². The number of hydrogen-bond donors (Lipinski definition) is 1. The third-order valence-electron chi connectivity index (χ3n) is 3.25. The van der Waals surface area contributed by atoms with Crippen molar-refractivity contribution in [2.75, 3.05) is 27.4 Å². The highest BCUT2D eigenvalue weighted by Crippen LogP contribution is 2.32. The van der Waals surface area contributed by atoms with Crippen LogP contribution >= 0.6 is 11.5 Å². The fraction of sp³-hybridized carbons (Fsp3) is 0.467. The minimum absolute atomic E-state index is 0.0405. The number of nitrogens with zero attached hydrogens (tertiary/aromatic N) is 2. The zero-order valence-electron chi connectivity index (χ0n) is 12.6. The number of para-hydroxylation sites is 1. The number of methoxy groups -OCH3 is 1. The van der Waals surface area contributed by atoms with E-state index in [2.05, 4.69) is 27.9 Å². The number of benzene rings is 1. The van der Waals surface area contributed by atoms with Crippen molar-refractivity contribution in [3.8, 4) is 5.75 Å². The van der Waals surface area contributed by atoms with Crippen LogP contribution < -0.4 is 10.1 Å². The molecule has 0 radical (unpaired) electrons. The number of aryl methyl sites for hydroxylation is 1. The standard InChI is InChI=1S/C15H21N3O2S/c1-4-12-15(21-18-17-12)14(16-2)11-7-5-6-8-13(11)20-10-9-19-3/h5-8,14,16H,4,9-10H2,1-3H3. The van der Waals surface area contributed by atoms with Crippen LogP contribution in [0.1, 0.15) is 29.1 Å². The minimum Gasteiger partial charge on any atom is -0.491 e. The van der Waals surface area contributed by atoms with Gasteiger partial charge < -0.3 is 14.8 Å². The summed E-state index contributed by atoms with van der Waals surface area (Å²) < 4.78 is 15.0. The molecule has 1 aromatic carbocycles. The Balaban J connectivity index is 2.29. The minimum atomic E-state index is 0.0405. The molecule has 2 rings (SSSR count). The summed E-state index contributed by atoms with van der Waals surface area (Å²) >= 11 is 1.43. The van der Waals surface area contributed by atoms with Crippen LogP contribution in [0, 0.1) is 0 Å². The van der Waals surface area contributed by atoms with Crippen LogP contribution in [0.3, 0.4) is 0 Å². The van der Waals surface area contributed by atoms with Crippen LogP contribution in [-0.4, -0.2) is 37.0 Å². The lowest BCUT2D eigenvalue weighted by atomic mass is 10.0. The molecule has 1 unspecified atom stereocenters. The molecule has 2 aromatic rings. The van der Waals surface area contributed by atoms with Crippen molar-refractivity contribution in [2.24, 2.45) is 0 Å².